The van der Waals surface area contributed by atoms with Gasteiger partial charge in [-0.25, -0.2) is 9.67 Å². The van der Waals surface area contributed by atoms with Gasteiger partial charge < -0.3 is 5.32 Å². The number of aryl methyl sites for hydroxylation is 1. The van der Waals surface area contributed by atoms with Crippen molar-refractivity contribution in [3.8, 4) is 5.82 Å². The first-order chi connectivity index (χ1) is 7.70. The van der Waals surface area contributed by atoms with E-state index in [1.807, 2.05) is 26.1 Å². The molecule has 0 atom stereocenters. The highest BCUT2D eigenvalue weighted by molar-refractivity contribution is 9.10. The third-order valence-corrected chi connectivity index (χ3v) is 2.56. The average Bonchev–Trinajstić information content (AvgIpc) is 2.68. The van der Waals surface area contributed by atoms with Gasteiger partial charge in [-0.1, -0.05) is 0 Å². The molecule has 0 saturated carbocycles. The lowest BCUT2D eigenvalue weighted by molar-refractivity contribution is 0.820. The fraction of sp³-hybridized carbons (Fsp3) is 0.300. The summed E-state index contributed by atoms with van der Waals surface area (Å²) in [5.74, 6) is 1.34. The van der Waals surface area contributed by atoms with Crippen LogP contribution in [0.2, 0.25) is 0 Å². The Labute approximate surface area is 102 Å². The van der Waals surface area contributed by atoms with Crippen LogP contribution < -0.4 is 5.32 Å². The summed E-state index contributed by atoms with van der Waals surface area (Å²) in [7, 11) is 0. The highest BCUT2D eigenvalue weighted by Gasteiger charge is 2.07. The molecule has 84 valence electrons. The Morgan fingerprint density at radius 3 is 2.94 bits per heavy atom. The largest absolute Gasteiger partial charge is 0.354 e. The lowest BCUT2D eigenvalue weighted by Gasteiger charge is -2.06. The molecule has 2 aromatic heterocycles. The van der Waals surface area contributed by atoms with Crippen LogP contribution in [0.4, 0.5) is 5.95 Å². The fourth-order valence-corrected chi connectivity index (χ4v) is 1.67. The summed E-state index contributed by atoms with van der Waals surface area (Å²) >= 11 is 3.41. The average molecular weight is 282 g/mol. The molecular weight excluding hydrogens is 270 g/mol. The van der Waals surface area contributed by atoms with Crippen molar-refractivity contribution in [1.29, 1.82) is 0 Å². The number of anilines is 1. The van der Waals surface area contributed by atoms with Gasteiger partial charge in [0, 0.05) is 18.9 Å². The second kappa shape index (κ2) is 4.61. The van der Waals surface area contributed by atoms with Crippen LogP contribution in [-0.2, 0) is 0 Å². The van der Waals surface area contributed by atoms with Crippen LogP contribution in [0, 0.1) is 6.92 Å². The maximum absolute atomic E-state index is 4.38. The molecule has 1 N–H and O–H groups in total. The first-order valence-electron chi connectivity index (χ1n) is 4.99. The number of nitrogens with zero attached hydrogens (tertiary/aromatic N) is 4. The van der Waals surface area contributed by atoms with Crippen molar-refractivity contribution in [2.24, 2.45) is 0 Å². The molecule has 0 bridgehead atoms. The van der Waals surface area contributed by atoms with E-state index >= 15 is 0 Å². The number of halogens is 1. The molecule has 2 heterocycles. The minimum Gasteiger partial charge on any atom is -0.354 e. The van der Waals surface area contributed by atoms with Crippen LogP contribution in [0.25, 0.3) is 5.82 Å². The summed E-state index contributed by atoms with van der Waals surface area (Å²) in [4.78, 5) is 8.53. The fourth-order valence-electron chi connectivity index (χ4n) is 1.30. The first-order valence-corrected chi connectivity index (χ1v) is 5.79. The van der Waals surface area contributed by atoms with E-state index < -0.39 is 0 Å². The molecule has 0 unspecified atom stereocenters. The van der Waals surface area contributed by atoms with Crippen LogP contribution in [0.15, 0.2) is 22.9 Å². The molecule has 2 rings (SSSR count). The van der Waals surface area contributed by atoms with Gasteiger partial charge in [0.2, 0.25) is 5.95 Å². The Kier molecular flexibility index (Phi) is 3.19. The van der Waals surface area contributed by atoms with Crippen molar-refractivity contribution in [2.45, 2.75) is 13.8 Å². The summed E-state index contributed by atoms with van der Waals surface area (Å²) in [5.41, 5.74) is 0.954. The second-order valence-corrected chi connectivity index (χ2v) is 4.15. The predicted octanol–water partition coefficient (Wildman–Crippen LogP) is 2.17. The normalized spacial score (nSPS) is 10.4. The lowest BCUT2D eigenvalue weighted by atomic mass is 10.5. The number of nitrogens with one attached hydrogen (secondary N) is 1. The van der Waals surface area contributed by atoms with E-state index in [9.17, 15) is 0 Å². The number of hydrogen-bond donors (Lipinski definition) is 1. The summed E-state index contributed by atoms with van der Waals surface area (Å²) in [6.45, 7) is 4.74. The zero-order valence-electron chi connectivity index (χ0n) is 9.11. The van der Waals surface area contributed by atoms with E-state index in [1.54, 1.807) is 10.9 Å². The minimum atomic E-state index is 0.605. The Bertz CT molecular complexity index is 494. The zero-order chi connectivity index (χ0) is 11.5. The Balaban J connectivity index is 2.42. The lowest BCUT2D eigenvalue weighted by Crippen LogP contribution is -2.06. The third-order valence-electron chi connectivity index (χ3n) is 2.00. The minimum absolute atomic E-state index is 0.605. The Morgan fingerprint density at radius 2 is 2.31 bits per heavy atom. The molecule has 6 heteroatoms. The van der Waals surface area contributed by atoms with E-state index in [-0.39, 0.29) is 0 Å². The predicted molar refractivity (Wildman–Crippen MR) is 65.8 cm³/mol. The maximum Gasteiger partial charge on any atom is 0.224 e. The monoisotopic (exact) mass is 281 g/mol. The van der Waals surface area contributed by atoms with Gasteiger partial charge in [0.1, 0.15) is 0 Å². The van der Waals surface area contributed by atoms with Gasteiger partial charge in [-0.3, -0.25) is 0 Å². The van der Waals surface area contributed by atoms with Gasteiger partial charge in [-0.2, -0.15) is 10.1 Å². The third kappa shape index (κ3) is 2.21. The number of aromatic nitrogens is 4. The van der Waals surface area contributed by atoms with E-state index in [2.05, 4.69) is 36.3 Å². The van der Waals surface area contributed by atoms with Gasteiger partial charge >= 0.3 is 0 Å². The maximum atomic E-state index is 4.38. The molecule has 0 saturated heterocycles. The molecule has 0 radical (unpaired) electrons. The second-order valence-electron chi connectivity index (χ2n) is 3.30. The van der Waals surface area contributed by atoms with Crippen molar-refractivity contribution in [1.82, 2.24) is 19.7 Å². The van der Waals surface area contributed by atoms with Crippen LogP contribution in [0.5, 0.6) is 0 Å². The van der Waals surface area contributed by atoms with Crippen LogP contribution in [0.3, 0.4) is 0 Å². The summed E-state index contributed by atoms with van der Waals surface area (Å²) < 4.78 is 2.54. The first kappa shape index (κ1) is 11.1. The summed E-state index contributed by atoms with van der Waals surface area (Å²) in [6.07, 6.45) is 3.59. The van der Waals surface area contributed by atoms with Gasteiger partial charge in [-0.05, 0) is 35.8 Å². The zero-order valence-corrected chi connectivity index (χ0v) is 10.7. The van der Waals surface area contributed by atoms with Crippen LogP contribution in [0.1, 0.15) is 12.6 Å². The van der Waals surface area contributed by atoms with Crippen molar-refractivity contribution in [3.63, 3.8) is 0 Å². The van der Waals surface area contributed by atoms with E-state index in [4.69, 9.17) is 0 Å². The molecule has 0 spiro atoms. The van der Waals surface area contributed by atoms with Gasteiger partial charge in [-0.15, -0.1) is 0 Å². The summed E-state index contributed by atoms with van der Waals surface area (Å²) in [5, 5.41) is 7.38. The van der Waals surface area contributed by atoms with Crippen LogP contribution in [-0.4, -0.2) is 26.3 Å². The molecule has 0 fully saturated rings. The molecule has 16 heavy (non-hydrogen) atoms. The quantitative estimate of drug-likeness (QED) is 0.937. The molecule has 0 aliphatic carbocycles. The van der Waals surface area contributed by atoms with Crippen molar-refractivity contribution in [3.05, 3.63) is 28.6 Å². The molecule has 0 aliphatic heterocycles. The highest BCUT2D eigenvalue weighted by Crippen LogP contribution is 2.18. The summed E-state index contributed by atoms with van der Waals surface area (Å²) in [6, 6.07) is 1.93. The van der Waals surface area contributed by atoms with Crippen LogP contribution >= 0.6 is 15.9 Å². The number of rotatable bonds is 3. The highest BCUT2D eigenvalue weighted by atomic mass is 79.9. The topological polar surface area (TPSA) is 55.6 Å². The molecular formula is C10H12BrN5. The van der Waals surface area contributed by atoms with Crippen molar-refractivity contribution in [2.75, 3.05) is 11.9 Å². The molecule has 0 amide bonds. The standard InChI is InChI=1S/C10H12BrN5/c1-3-12-10-13-6-8(11)9(14-10)16-5-4-7(2)15-16/h4-6H,3H2,1-2H3,(H,12,13,14). The Hall–Kier alpha value is -1.43. The van der Waals surface area contributed by atoms with Gasteiger partial charge in [0.15, 0.2) is 5.82 Å². The number of hydrogen-bond acceptors (Lipinski definition) is 4. The molecule has 5 nitrogen and oxygen atoms in total. The molecule has 0 aliphatic rings. The van der Waals surface area contributed by atoms with Crippen molar-refractivity contribution < 1.29 is 0 Å². The SMILES string of the molecule is CCNc1ncc(Br)c(-n2ccc(C)n2)n1. The van der Waals surface area contributed by atoms with Gasteiger partial charge in [0.05, 0.1) is 10.2 Å². The van der Waals surface area contributed by atoms with Crippen molar-refractivity contribution >= 4 is 21.9 Å². The molecule has 0 aromatic carbocycles. The Morgan fingerprint density at radius 1 is 1.50 bits per heavy atom. The van der Waals surface area contributed by atoms with E-state index in [0.29, 0.717) is 5.95 Å². The van der Waals surface area contributed by atoms with E-state index in [0.717, 1.165) is 22.5 Å². The van der Waals surface area contributed by atoms with E-state index in [1.165, 1.54) is 0 Å². The molecule has 2 aromatic rings. The smallest absolute Gasteiger partial charge is 0.224 e. The van der Waals surface area contributed by atoms with Gasteiger partial charge in [0.25, 0.3) is 0 Å².